The SMILES string of the molecule is C/C(C(=O)N1CCCC1)=C(/N)Nc1cccc2c(Cl)c[nH]c12.CCCN(CC)C(=O)CN1CCCCCC1=O. The van der Waals surface area contributed by atoms with E-state index in [1.165, 1.54) is 0 Å². The number of aromatic nitrogens is 1. The largest absolute Gasteiger partial charge is 0.385 e. The lowest BCUT2D eigenvalue weighted by molar-refractivity contribution is -0.140. The highest BCUT2D eigenvalue weighted by molar-refractivity contribution is 6.35. The topological polar surface area (TPSA) is 115 Å². The molecule has 3 heterocycles. The number of likely N-dealkylation sites (N-methyl/N-ethyl adjacent to an activating group) is 1. The van der Waals surface area contributed by atoms with Crippen LogP contribution in [0.4, 0.5) is 5.69 Å². The smallest absolute Gasteiger partial charge is 0.253 e. The third-order valence-electron chi connectivity index (χ3n) is 7.28. The number of fused-ring (bicyclic) bond motifs is 1. The average Bonchev–Trinajstić information content (AvgIpc) is 3.56. The number of carbonyl (C=O) groups is 3. The van der Waals surface area contributed by atoms with Gasteiger partial charge in [-0.2, -0.15) is 0 Å². The Morgan fingerprint density at radius 2 is 1.82 bits per heavy atom. The normalized spacial score (nSPS) is 16.4. The van der Waals surface area contributed by atoms with E-state index in [1.54, 1.807) is 18.0 Å². The summed E-state index contributed by atoms with van der Waals surface area (Å²) in [7, 11) is 0. The Morgan fingerprint density at radius 1 is 1.10 bits per heavy atom. The molecule has 4 N–H and O–H groups in total. The second-order valence-corrected chi connectivity index (χ2v) is 10.5. The molecule has 0 bridgehead atoms. The second-order valence-electron chi connectivity index (χ2n) is 10.1. The Balaban J connectivity index is 0.000000224. The van der Waals surface area contributed by atoms with Gasteiger partial charge in [0, 0.05) is 50.7 Å². The third kappa shape index (κ3) is 8.14. The minimum absolute atomic E-state index is 0.000747. The van der Waals surface area contributed by atoms with E-state index in [9.17, 15) is 14.4 Å². The van der Waals surface area contributed by atoms with Crippen LogP contribution in [0.1, 0.15) is 65.7 Å². The van der Waals surface area contributed by atoms with Crippen molar-refractivity contribution < 1.29 is 14.4 Å². The quantitative estimate of drug-likeness (QED) is 0.406. The van der Waals surface area contributed by atoms with E-state index < -0.39 is 0 Å². The number of rotatable bonds is 8. The Hall–Kier alpha value is -3.20. The minimum Gasteiger partial charge on any atom is -0.385 e. The summed E-state index contributed by atoms with van der Waals surface area (Å²) in [5.74, 6) is 0.599. The summed E-state index contributed by atoms with van der Waals surface area (Å²) in [5.41, 5.74) is 8.30. The van der Waals surface area contributed by atoms with Crippen molar-refractivity contribution in [1.29, 1.82) is 0 Å². The molecule has 0 radical (unpaired) electrons. The number of nitrogens with zero attached hydrogens (tertiary/aromatic N) is 3. The van der Waals surface area contributed by atoms with Crippen LogP contribution < -0.4 is 11.1 Å². The van der Waals surface area contributed by atoms with E-state index in [-0.39, 0.29) is 24.3 Å². The number of halogens is 1. The molecule has 2 fully saturated rings. The first-order valence-electron chi connectivity index (χ1n) is 14.1. The molecule has 3 amide bonds. The molecule has 10 heteroatoms. The van der Waals surface area contributed by atoms with E-state index in [0.29, 0.717) is 22.8 Å². The number of likely N-dealkylation sites (tertiary alicyclic amines) is 2. The number of amides is 3. The van der Waals surface area contributed by atoms with Gasteiger partial charge in [-0.3, -0.25) is 14.4 Å². The summed E-state index contributed by atoms with van der Waals surface area (Å²) < 4.78 is 0. The van der Waals surface area contributed by atoms with Gasteiger partial charge in [0.15, 0.2) is 0 Å². The predicted octanol–water partition coefficient (Wildman–Crippen LogP) is 4.69. The number of hydrogen-bond donors (Lipinski definition) is 3. The van der Waals surface area contributed by atoms with E-state index in [1.807, 2.05) is 34.9 Å². The molecule has 0 unspecified atom stereocenters. The highest BCUT2D eigenvalue weighted by atomic mass is 35.5. The van der Waals surface area contributed by atoms with Gasteiger partial charge in [-0.25, -0.2) is 0 Å². The Labute approximate surface area is 236 Å². The Bertz CT molecular complexity index is 1170. The highest BCUT2D eigenvalue weighted by Gasteiger charge is 2.22. The van der Waals surface area contributed by atoms with Gasteiger partial charge in [0.05, 0.1) is 28.3 Å². The molecule has 0 aliphatic carbocycles. The predicted molar refractivity (Wildman–Crippen MR) is 157 cm³/mol. The zero-order valence-electron chi connectivity index (χ0n) is 23.5. The maximum absolute atomic E-state index is 12.4. The van der Waals surface area contributed by atoms with Crippen LogP contribution >= 0.6 is 11.6 Å². The summed E-state index contributed by atoms with van der Waals surface area (Å²) in [5, 5.41) is 4.70. The molecule has 0 spiro atoms. The molecule has 214 valence electrons. The van der Waals surface area contributed by atoms with Crippen molar-refractivity contribution in [2.24, 2.45) is 5.73 Å². The van der Waals surface area contributed by atoms with Gasteiger partial charge < -0.3 is 30.7 Å². The van der Waals surface area contributed by atoms with Crippen molar-refractivity contribution >= 4 is 45.9 Å². The molecular formula is C29H43ClN6O3. The number of carbonyl (C=O) groups excluding carboxylic acids is 3. The van der Waals surface area contributed by atoms with Gasteiger partial charge in [-0.05, 0) is 52.0 Å². The highest BCUT2D eigenvalue weighted by Crippen LogP contribution is 2.29. The van der Waals surface area contributed by atoms with Gasteiger partial charge in [0.2, 0.25) is 11.8 Å². The van der Waals surface area contributed by atoms with Gasteiger partial charge in [0.25, 0.3) is 5.91 Å². The Kier molecular flexibility index (Phi) is 11.5. The summed E-state index contributed by atoms with van der Waals surface area (Å²) in [6, 6.07) is 5.73. The molecule has 0 atom stereocenters. The molecule has 1 aromatic carbocycles. The van der Waals surface area contributed by atoms with Crippen LogP contribution in [0, 0.1) is 0 Å². The van der Waals surface area contributed by atoms with Crippen molar-refractivity contribution in [3.8, 4) is 0 Å². The van der Waals surface area contributed by atoms with E-state index in [2.05, 4.69) is 17.2 Å². The zero-order valence-corrected chi connectivity index (χ0v) is 24.3. The fourth-order valence-electron chi connectivity index (χ4n) is 4.93. The van der Waals surface area contributed by atoms with Crippen LogP contribution in [0.25, 0.3) is 10.9 Å². The van der Waals surface area contributed by atoms with Crippen molar-refractivity contribution in [3.05, 3.63) is 40.8 Å². The minimum atomic E-state index is -0.000747. The van der Waals surface area contributed by atoms with Crippen LogP contribution in [0.3, 0.4) is 0 Å². The number of anilines is 1. The van der Waals surface area contributed by atoms with Gasteiger partial charge in [0.1, 0.15) is 5.82 Å². The zero-order chi connectivity index (χ0) is 28.4. The van der Waals surface area contributed by atoms with E-state index >= 15 is 0 Å². The fourth-order valence-corrected chi connectivity index (χ4v) is 5.15. The molecule has 2 saturated heterocycles. The van der Waals surface area contributed by atoms with E-state index in [4.69, 9.17) is 17.3 Å². The van der Waals surface area contributed by atoms with Crippen molar-refractivity contribution in [2.45, 2.75) is 65.7 Å². The fraction of sp³-hybridized carbons (Fsp3) is 0.552. The molecule has 9 nitrogen and oxygen atoms in total. The van der Waals surface area contributed by atoms with Crippen molar-refractivity contribution in [3.63, 3.8) is 0 Å². The molecule has 2 aliphatic heterocycles. The lowest BCUT2D eigenvalue weighted by atomic mass is 10.2. The van der Waals surface area contributed by atoms with Crippen LogP contribution in [0.15, 0.2) is 35.8 Å². The molecule has 2 aromatic rings. The van der Waals surface area contributed by atoms with Gasteiger partial charge in [-0.1, -0.05) is 37.1 Å². The third-order valence-corrected chi connectivity index (χ3v) is 7.59. The van der Waals surface area contributed by atoms with Gasteiger partial charge >= 0.3 is 0 Å². The summed E-state index contributed by atoms with van der Waals surface area (Å²) in [6.07, 6.45) is 8.53. The monoisotopic (exact) mass is 558 g/mol. The van der Waals surface area contributed by atoms with Crippen molar-refractivity contribution in [2.75, 3.05) is 44.6 Å². The van der Waals surface area contributed by atoms with Crippen molar-refractivity contribution in [1.82, 2.24) is 19.7 Å². The molecule has 4 rings (SSSR count). The number of nitrogens with one attached hydrogen (secondary N) is 2. The average molecular weight is 559 g/mol. The molecular weight excluding hydrogens is 516 g/mol. The van der Waals surface area contributed by atoms with Gasteiger partial charge in [-0.15, -0.1) is 0 Å². The first-order valence-corrected chi connectivity index (χ1v) is 14.5. The van der Waals surface area contributed by atoms with Crippen LogP contribution in [0.2, 0.25) is 5.02 Å². The standard InChI is InChI=1S/C16H19ClN4O.C13H24N2O2/c1-10(16(22)21-7-2-3-8-21)15(18)20-13-6-4-5-11-12(17)9-19-14(11)13;1-3-9-14(4-2)13(17)11-15-10-7-5-6-8-12(15)16/h4-6,9,19-20H,2-3,7-8,18H2,1H3;3-11H2,1-2H3/b15-10+;. The number of nitrogens with two attached hydrogens (primary N) is 1. The first-order chi connectivity index (χ1) is 18.8. The molecule has 39 heavy (non-hydrogen) atoms. The second kappa shape index (κ2) is 14.8. The molecule has 2 aliphatic rings. The van der Waals surface area contributed by atoms with E-state index in [0.717, 1.165) is 87.8 Å². The Morgan fingerprint density at radius 3 is 2.51 bits per heavy atom. The summed E-state index contributed by atoms with van der Waals surface area (Å²) in [6.45, 7) is 9.96. The number of aromatic amines is 1. The molecule has 1 aromatic heterocycles. The maximum atomic E-state index is 12.4. The lowest BCUT2D eigenvalue weighted by Gasteiger charge is -2.25. The first kappa shape index (κ1) is 30.3. The number of benzene rings is 1. The molecule has 0 saturated carbocycles. The number of para-hydroxylation sites is 1. The number of hydrogen-bond acceptors (Lipinski definition) is 5. The summed E-state index contributed by atoms with van der Waals surface area (Å²) in [4.78, 5) is 44.7. The maximum Gasteiger partial charge on any atom is 0.253 e. The van der Waals surface area contributed by atoms with Crippen LogP contribution in [0.5, 0.6) is 0 Å². The number of H-pyrrole nitrogens is 1. The van der Waals surface area contributed by atoms with Crippen LogP contribution in [-0.2, 0) is 14.4 Å². The van der Waals surface area contributed by atoms with Crippen LogP contribution in [-0.4, -0.2) is 76.7 Å². The summed E-state index contributed by atoms with van der Waals surface area (Å²) >= 11 is 6.12. The lowest BCUT2D eigenvalue weighted by Crippen LogP contribution is -2.43.